The molecule has 5 heteroatoms. The summed E-state index contributed by atoms with van der Waals surface area (Å²) in [6, 6.07) is 15.5. The van der Waals surface area contributed by atoms with Crippen molar-refractivity contribution in [2.75, 3.05) is 19.0 Å². The number of anilines is 1. The first-order valence-electron chi connectivity index (χ1n) is 8.35. The van der Waals surface area contributed by atoms with Crippen LogP contribution in [0.3, 0.4) is 0 Å². The van der Waals surface area contributed by atoms with Crippen LogP contribution in [0.2, 0.25) is 0 Å². The van der Waals surface area contributed by atoms with Crippen LogP contribution in [-0.4, -0.2) is 24.0 Å². The number of Topliss-reactive ketones (excluding diaryl/α,β-unsaturated/α-hetero) is 1. The van der Waals surface area contributed by atoms with Crippen LogP contribution < -0.4 is 10.1 Å². The number of benzene rings is 2. The smallest absolute Gasteiger partial charge is 0.183 e. The van der Waals surface area contributed by atoms with Gasteiger partial charge >= 0.3 is 0 Å². The van der Waals surface area contributed by atoms with Crippen molar-refractivity contribution in [1.29, 1.82) is 0 Å². The molecule has 1 heterocycles. The Bertz CT molecular complexity index is 912. The second kappa shape index (κ2) is 7.44. The number of hydrogen-bond donors (Lipinski definition) is 1. The van der Waals surface area contributed by atoms with E-state index in [9.17, 15) is 9.18 Å². The summed E-state index contributed by atoms with van der Waals surface area (Å²) in [5.74, 6) is 0.489. The van der Waals surface area contributed by atoms with Gasteiger partial charge in [-0.15, -0.1) is 0 Å². The molecule has 26 heavy (non-hydrogen) atoms. The van der Waals surface area contributed by atoms with Gasteiger partial charge in [0.2, 0.25) is 0 Å². The SMILES string of the molecule is COc1ccc(NCC(=O)c2cc(C)n(-c3ccc(F)cc3)c2C)cc1. The van der Waals surface area contributed by atoms with Gasteiger partial charge < -0.3 is 14.6 Å². The fourth-order valence-corrected chi connectivity index (χ4v) is 3.02. The van der Waals surface area contributed by atoms with Crippen LogP contribution in [0.5, 0.6) is 5.75 Å². The summed E-state index contributed by atoms with van der Waals surface area (Å²) in [6.07, 6.45) is 0. The molecule has 0 radical (unpaired) electrons. The Morgan fingerprint density at radius 1 is 1.08 bits per heavy atom. The maximum absolute atomic E-state index is 13.2. The highest BCUT2D eigenvalue weighted by molar-refractivity contribution is 6.00. The monoisotopic (exact) mass is 352 g/mol. The van der Waals surface area contributed by atoms with Gasteiger partial charge in [0, 0.05) is 28.3 Å². The standard InChI is InChI=1S/C21H21FN2O2/c1-14-12-20(15(2)24(14)18-8-4-16(22)5-9-18)21(25)13-23-17-6-10-19(26-3)11-7-17/h4-12,23H,13H2,1-3H3. The number of nitrogens with zero attached hydrogens (tertiary/aromatic N) is 1. The summed E-state index contributed by atoms with van der Waals surface area (Å²) in [7, 11) is 1.61. The molecule has 0 fully saturated rings. The fourth-order valence-electron chi connectivity index (χ4n) is 3.02. The number of ketones is 1. The molecule has 2 aromatic carbocycles. The Labute approximate surface area is 152 Å². The quantitative estimate of drug-likeness (QED) is 0.663. The van der Waals surface area contributed by atoms with Gasteiger partial charge in [-0.05, 0) is 68.4 Å². The van der Waals surface area contributed by atoms with Crippen LogP contribution in [0.1, 0.15) is 21.7 Å². The summed E-state index contributed by atoms with van der Waals surface area (Å²) in [5, 5.41) is 3.13. The molecule has 1 N–H and O–H groups in total. The van der Waals surface area contributed by atoms with Crippen LogP contribution in [-0.2, 0) is 0 Å². The van der Waals surface area contributed by atoms with Crippen molar-refractivity contribution >= 4 is 11.5 Å². The molecule has 4 nitrogen and oxygen atoms in total. The molecular weight excluding hydrogens is 331 g/mol. The van der Waals surface area contributed by atoms with Gasteiger partial charge in [0.15, 0.2) is 5.78 Å². The van der Waals surface area contributed by atoms with Gasteiger partial charge in [-0.2, -0.15) is 0 Å². The number of methoxy groups -OCH3 is 1. The zero-order chi connectivity index (χ0) is 18.7. The van der Waals surface area contributed by atoms with Crippen LogP contribution in [0.4, 0.5) is 10.1 Å². The van der Waals surface area contributed by atoms with Crippen molar-refractivity contribution in [2.45, 2.75) is 13.8 Å². The predicted octanol–water partition coefficient (Wildman–Crippen LogP) is 4.54. The maximum atomic E-state index is 13.2. The van der Waals surface area contributed by atoms with Crippen LogP contribution in [0, 0.1) is 19.7 Å². The van der Waals surface area contributed by atoms with Crippen molar-refractivity contribution in [3.63, 3.8) is 0 Å². The number of carbonyl (C=O) groups excluding carboxylic acids is 1. The molecule has 3 rings (SSSR count). The molecule has 3 aromatic rings. The number of halogens is 1. The number of carbonyl (C=O) groups is 1. The third kappa shape index (κ3) is 3.61. The summed E-state index contributed by atoms with van der Waals surface area (Å²) in [4.78, 5) is 12.7. The minimum absolute atomic E-state index is 0.00211. The fraction of sp³-hybridized carbons (Fsp3) is 0.190. The van der Waals surface area contributed by atoms with Gasteiger partial charge in [0.1, 0.15) is 11.6 Å². The molecule has 0 aliphatic rings. The molecular formula is C21H21FN2O2. The Balaban J connectivity index is 1.77. The number of rotatable bonds is 6. The van der Waals surface area contributed by atoms with E-state index < -0.39 is 0 Å². The third-order valence-electron chi connectivity index (χ3n) is 4.36. The van der Waals surface area contributed by atoms with Crippen LogP contribution >= 0.6 is 0 Å². The summed E-state index contributed by atoms with van der Waals surface area (Å²) >= 11 is 0. The van der Waals surface area contributed by atoms with Gasteiger partial charge in [-0.3, -0.25) is 4.79 Å². The van der Waals surface area contributed by atoms with Crippen molar-refractivity contribution in [3.8, 4) is 11.4 Å². The molecule has 0 saturated heterocycles. The average Bonchev–Trinajstić information content (AvgIpc) is 2.95. The molecule has 0 bridgehead atoms. The lowest BCUT2D eigenvalue weighted by Crippen LogP contribution is -2.14. The van der Waals surface area contributed by atoms with E-state index in [2.05, 4.69) is 5.32 Å². The van der Waals surface area contributed by atoms with E-state index in [0.29, 0.717) is 5.56 Å². The first kappa shape index (κ1) is 17.7. The number of hydrogen-bond acceptors (Lipinski definition) is 3. The highest BCUT2D eigenvalue weighted by Gasteiger charge is 2.16. The normalized spacial score (nSPS) is 10.6. The summed E-state index contributed by atoms with van der Waals surface area (Å²) < 4.78 is 20.2. The number of aromatic nitrogens is 1. The van der Waals surface area contributed by atoms with E-state index in [-0.39, 0.29) is 18.1 Å². The van der Waals surface area contributed by atoms with Gasteiger partial charge in [0.05, 0.1) is 13.7 Å². The molecule has 0 atom stereocenters. The van der Waals surface area contributed by atoms with Crippen molar-refractivity contribution < 1.29 is 13.9 Å². The summed E-state index contributed by atoms with van der Waals surface area (Å²) in [5.41, 5.74) is 4.13. The van der Waals surface area contributed by atoms with Crippen LogP contribution in [0.25, 0.3) is 5.69 Å². The zero-order valence-corrected chi connectivity index (χ0v) is 15.0. The first-order chi connectivity index (χ1) is 12.5. The minimum Gasteiger partial charge on any atom is -0.497 e. The Morgan fingerprint density at radius 3 is 2.35 bits per heavy atom. The van der Waals surface area contributed by atoms with Crippen molar-refractivity contribution in [3.05, 3.63) is 77.4 Å². The first-order valence-corrected chi connectivity index (χ1v) is 8.35. The van der Waals surface area contributed by atoms with E-state index >= 15 is 0 Å². The van der Waals surface area contributed by atoms with E-state index in [1.165, 1.54) is 12.1 Å². The minimum atomic E-state index is -0.281. The highest BCUT2D eigenvalue weighted by Crippen LogP contribution is 2.22. The van der Waals surface area contributed by atoms with Gasteiger partial charge in [-0.25, -0.2) is 4.39 Å². The number of aryl methyl sites for hydroxylation is 1. The zero-order valence-electron chi connectivity index (χ0n) is 15.0. The Morgan fingerprint density at radius 2 is 1.73 bits per heavy atom. The lowest BCUT2D eigenvalue weighted by Gasteiger charge is -2.10. The van der Waals surface area contributed by atoms with Crippen molar-refractivity contribution in [1.82, 2.24) is 4.57 Å². The lowest BCUT2D eigenvalue weighted by atomic mass is 10.1. The third-order valence-corrected chi connectivity index (χ3v) is 4.36. The van der Waals surface area contributed by atoms with E-state index in [1.54, 1.807) is 19.2 Å². The van der Waals surface area contributed by atoms with E-state index in [0.717, 1.165) is 28.5 Å². The Hall–Kier alpha value is -3.08. The van der Waals surface area contributed by atoms with Crippen LogP contribution in [0.15, 0.2) is 54.6 Å². The largest absolute Gasteiger partial charge is 0.497 e. The molecule has 134 valence electrons. The number of ether oxygens (including phenoxy) is 1. The average molecular weight is 352 g/mol. The highest BCUT2D eigenvalue weighted by atomic mass is 19.1. The predicted molar refractivity (Wildman–Crippen MR) is 101 cm³/mol. The molecule has 0 aliphatic heterocycles. The molecule has 0 unspecified atom stereocenters. The second-order valence-electron chi connectivity index (χ2n) is 6.10. The molecule has 1 aromatic heterocycles. The molecule has 0 spiro atoms. The molecule has 0 aliphatic carbocycles. The topological polar surface area (TPSA) is 43.3 Å². The van der Waals surface area contributed by atoms with E-state index in [4.69, 9.17) is 4.74 Å². The van der Waals surface area contributed by atoms with Gasteiger partial charge in [0.25, 0.3) is 0 Å². The Kier molecular flexibility index (Phi) is 5.07. The van der Waals surface area contributed by atoms with E-state index in [1.807, 2.05) is 48.7 Å². The number of nitrogens with one attached hydrogen (secondary N) is 1. The second-order valence-corrected chi connectivity index (χ2v) is 6.10. The lowest BCUT2D eigenvalue weighted by molar-refractivity contribution is 0.101. The molecule has 0 saturated carbocycles. The summed E-state index contributed by atoms with van der Waals surface area (Å²) in [6.45, 7) is 4.03. The van der Waals surface area contributed by atoms with Gasteiger partial charge in [-0.1, -0.05) is 0 Å². The maximum Gasteiger partial charge on any atom is 0.183 e. The molecule has 0 amide bonds. The van der Waals surface area contributed by atoms with Crippen molar-refractivity contribution in [2.24, 2.45) is 0 Å².